The number of aryl methyl sites for hydroxylation is 1. The van der Waals surface area contributed by atoms with Gasteiger partial charge in [-0.05, 0) is 31.9 Å². The van der Waals surface area contributed by atoms with Crippen molar-refractivity contribution in [3.05, 3.63) is 36.9 Å². The van der Waals surface area contributed by atoms with Gasteiger partial charge in [0, 0.05) is 37.2 Å². The average Bonchev–Trinajstić information content (AvgIpc) is 2.95. The Labute approximate surface area is 119 Å². The average molecular weight is 274 g/mol. The first-order chi connectivity index (χ1) is 9.79. The van der Waals surface area contributed by atoms with Gasteiger partial charge < -0.3 is 20.4 Å². The predicted octanol–water partition coefficient (Wildman–Crippen LogP) is 2.76. The van der Waals surface area contributed by atoms with Gasteiger partial charge in [0.15, 0.2) is 0 Å². The summed E-state index contributed by atoms with van der Waals surface area (Å²) < 4.78 is 7.57. The second-order valence-corrected chi connectivity index (χ2v) is 4.62. The quantitative estimate of drug-likeness (QED) is 0.574. The van der Waals surface area contributed by atoms with E-state index >= 15 is 0 Å². The highest BCUT2D eigenvalue weighted by Gasteiger charge is 2.01. The van der Waals surface area contributed by atoms with Crippen molar-refractivity contribution in [2.24, 2.45) is 0 Å². The first-order valence-corrected chi connectivity index (χ1v) is 7.01. The van der Waals surface area contributed by atoms with E-state index in [1.165, 1.54) is 0 Å². The number of aromatic nitrogens is 2. The van der Waals surface area contributed by atoms with Gasteiger partial charge in [0.05, 0.1) is 18.6 Å². The van der Waals surface area contributed by atoms with Crippen LogP contribution in [0.3, 0.4) is 0 Å². The molecule has 108 valence electrons. The molecule has 2 aromatic rings. The van der Waals surface area contributed by atoms with Gasteiger partial charge >= 0.3 is 0 Å². The van der Waals surface area contributed by atoms with Crippen LogP contribution >= 0.6 is 0 Å². The van der Waals surface area contributed by atoms with E-state index < -0.39 is 0 Å². The molecule has 0 unspecified atom stereocenters. The molecular formula is C15H22N4O. The normalized spacial score (nSPS) is 10.4. The van der Waals surface area contributed by atoms with E-state index in [4.69, 9.17) is 10.5 Å². The number of imidazole rings is 1. The molecule has 0 fully saturated rings. The van der Waals surface area contributed by atoms with Crippen LogP contribution in [0, 0.1) is 0 Å². The number of nitrogens with two attached hydrogens (primary N) is 1. The lowest BCUT2D eigenvalue weighted by atomic mass is 10.2. The van der Waals surface area contributed by atoms with Gasteiger partial charge in [0.2, 0.25) is 0 Å². The third-order valence-electron chi connectivity index (χ3n) is 3.04. The van der Waals surface area contributed by atoms with Crippen LogP contribution in [-0.2, 0) is 6.54 Å². The number of nitrogens with one attached hydrogen (secondary N) is 1. The summed E-state index contributed by atoms with van der Waals surface area (Å²) in [6.45, 7) is 4.52. The summed E-state index contributed by atoms with van der Waals surface area (Å²) in [4.78, 5) is 4.03. The maximum absolute atomic E-state index is 5.84. The highest BCUT2D eigenvalue weighted by atomic mass is 16.5. The molecule has 0 bridgehead atoms. The van der Waals surface area contributed by atoms with Gasteiger partial charge in [-0.25, -0.2) is 4.98 Å². The minimum Gasteiger partial charge on any atom is -0.492 e. The van der Waals surface area contributed by atoms with Crippen LogP contribution in [0.15, 0.2) is 36.9 Å². The van der Waals surface area contributed by atoms with Gasteiger partial charge in [-0.2, -0.15) is 0 Å². The zero-order valence-corrected chi connectivity index (χ0v) is 11.9. The fourth-order valence-electron chi connectivity index (χ4n) is 2.00. The van der Waals surface area contributed by atoms with Crippen molar-refractivity contribution in [3.63, 3.8) is 0 Å². The molecule has 0 aliphatic heterocycles. The first-order valence-electron chi connectivity index (χ1n) is 7.01. The van der Waals surface area contributed by atoms with E-state index in [0.29, 0.717) is 12.3 Å². The predicted molar refractivity (Wildman–Crippen MR) is 82.0 cm³/mol. The molecule has 2 rings (SSSR count). The zero-order valence-electron chi connectivity index (χ0n) is 11.9. The lowest BCUT2D eigenvalue weighted by molar-refractivity contribution is 0.342. The number of unbranched alkanes of at least 4 members (excludes halogenated alkanes) is 1. The third-order valence-corrected chi connectivity index (χ3v) is 3.04. The van der Waals surface area contributed by atoms with Crippen molar-refractivity contribution in [1.82, 2.24) is 9.55 Å². The number of anilines is 2. The second kappa shape index (κ2) is 7.43. The summed E-state index contributed by atoms with van der Waals surface area (Å²) in [7, 11) is 0. The summed E-state index contributed by atoms with van der Waals surface area (Å²) in [5.74, 6) is 0.746. The van der Waals surface area contributed by atoms with Crippen molar-refractivity contribution in [2.75, 3.05) is 24.2 Å². The molecule has 0 atom stereocenters. The van der Waals surface area contributed by atoms with E-state index in [9.17, 15) is 0 Å². The Kier molecular flexibility index (Phi) is 5.29. The summed E-state index contributed by atoms with van der Waals surface area (Å²) in [6, 6.07) is 5.81. The van der Waals surface area contributed by atoms with Crippen molar-refractivity contribution in [2.45, 2.75) is 26.3 Å². The Morgan fingerprint density at radius 1 is 1.35 bits per heavy atom. The molecule has 1 aromatic heterocycles. The van der Waals surface area contributed by atoms with Crippen molar-refractivity contribution in [3.8, 4) is 5.75 Å². The van der Waals surface area contributed by atoms with E-state index in [-0.39, 0.29) is 0 Å². The standard InChI is InChI=1S/C15H22N4O/c1-2-20-15-11-13(5-6-14(15)16)18-7-3-4-9-19-10-8-17-12-19/h5-6,8,10-12,18H,2-4,7,9,16H2,1H3. The van der Waals surface area contributed by atoms with E-state index in [2.05, 4.69) is 14.9 Å². The molecule has 0 aliphatic carbocycles. The summed E-state index contributed by atoms with van der Waals surface area (Å²) in [6.07, 6.45) is 7.87. The van der Waals surface area contributed by atoms with Crippen LogP contribution in [0.1, 0.15) is 19.8 Å². The maximum atomic E-state index is 5.84. The molecule has 1 aromatic carbocycles. The largest absolute Gasteiger partial charge is 0.492 e. The molecule has 5 heteroatoms. The monoisotopic (exact) mass is 274 g/mol. The van der Waals surface area contributed by atoms with Gasteiger partial charge in [-0.15, -0.1) is 0 Å². The fourth-order valence-corrected chi connectivity index (χ4v) is 2.00. The molecule has 0 spiro atoms. The number of rotatable bonds is 8. The van der Waals surface area contributed by atoms with Crippen molar-refractivity contribution in [1.29, 1.82) is 0 Å². The Balaban J connectivity index is 1.72. The maximum Gasteiger partial charge on any atom is 0.144 e. The van der Waals surface area contributed by atoms with Crippen LogP contribution in [0.25, 0.3) is 0 Å². The number of benzene rings is 1. The van der Waals surface area contributed by atoms with Gasteiger partial charge in [0.25, 0.3) is 0 Å². The first kappa shape index (κ1) is 14.2. The van der Waals surface area contributed by atoms with Crippen molar-refractivity contribution >= 4 is 11.4 Å². The van der Waals surface area contributed by atoms with Gasteiger partial charge in [0.1, 0.15) is 5.75 Å². The molecule has 0 saturated carbocycles. The van der Waals surface area contributed by atoms with Crippen LogP contribution in [-0.4, -0.2) is 22.7 Å². The van der Waals surface area contributed by atoms with Gasteiger partial charge in [-0.1, -0.05) is 0 Å². The molecule has 5 nitrogen and oxygen atoms in total. The molecule has 0 saturated heterocycles. The topological polar surface area (TPSA) is 65.1 Å². The molecule has 1 heterocycles. The van der Waals surface area contributed by atoms with E-state index in [1.54, 1.807) is 0 Å². The zero-order chi connectivity index (χ0) is 14.2. The Morgan fingerprint density at radius 2 is 2.25 bits per heavy atom. The Morgan fingerprint density at radius 3 is 3.00 bits per heavy atom. The fraction of sp³-hybridized carbons (Fsp3) is 0.400. The number of hydrogen-bond donors (Lipinski definition) is 2. The summed E-state index contributed by atoms with van der Waals surface area (Å²) in [5.41, 5.74) is 7.57. The molecule has 3 N–H and O–H groups in total. The molecule has 0 amide bonds. The third kappa shape index (κ3) is 4.19. The molecule has 0 aliphatic rings. The highest BCUT2D eigenvalue weighted by Crippen LogP contribution is 2.25. The van der Waals surface area contributed by atoms with E-state index in [0.717, 1.165) is 37.4 Å². The molecular weight excluding hydrogens is 252 g/mol. The molecule has 0 radical (unpaired) electrons. The summed E-state index contributed by atoms with van der Waals surface area (Å²) in [5, 5.41) is 3.39. The van der Waals surface area contributed by atoms with Crippen LogP contribution < -0.4 is 15.8 Å². The van der Waals surface area contributed by atoms with Crippen LogP contribution in [0.5, 0.6) is 5.75 Å². The van der Waals surface area contributed by atoms with Gasteiger partial charge in [-0.3, -0.25) is 0 Å². The van der Waals surface area contributed by atoms with Crippen molar-refractivity contribution < 1.29 is 4.74 Å². The lowest BCUT2D eigenvalue weighted by Gasteiger charge is -2.11. The number of nitrogens with zero attached hydrogens (tertiary/aromatic N) is 2. The number of nitrogen functional groups attached to an aromatic ring is 1. The Hall–Kier alpha value is -2.17. The smallest absolute Gasteiger partial charge is 0.144 e. The second-order valence-electron chi connectivity index (χ2n) is 4.62. The summed E-state index contributed by atoms with van der Waals surface area (Å²) >= 11 is 0. The van der Waals surface area contributed by atoms with Crippen LogP contribution in [0.4, 0.5) is 11.4 Å². The number of hydrogen-bond acceptors (Lipinski definition) is 4. The minimum atomic E-state index is 0.624. The lowest BCUT2D eigenvalue weighted by Crippen LogP contribution is -2.04. The minimum absolute atomic E-state index is 0.624. The Bertz CT molecular complexity index is 511. The highest BCUT2D eigenvalue weighted by molar-refractivity contribution is 5.61. The van der Waals surface area contributed by atoms with E-state index in [1.807, 2.05) is 43.8 Å². The SMILES string of the molecule is CCOc1cc(NCCCCn2ccnc2)ccc1N. The van der Waals surface area contributed by atoms with Crippen LogP contribution in [0.2, 0.25) is 0 Å². The molecule has 20 heavy (non-hydrogen) atoms. The number of ether oxygens (including phenoxy) is 1.